The van der Waals surface area contributed by atoms with Crippen molar-refractivity contribution in [1.29, 1.82) is 0 Å². The Bertz CT molecular complexity index is 1100. The van der Waals surface area contributed by atoms with Crippen molar-refractivity contribution in [1.82, 2.24) is 0 Å². The van der Waals surface area contributed by atoms with Crippen LogP contribution in [-0.2, 0) is 9.59 Å². The molecule has 1 heterocycles. The standard InChI is InChI=1S/C23H20N4O4/c28-21(24-16-7-3-1-4-8-16)14-27-19-13-18(11-12-20(19)31-15-22(27)29)26-23(30)25-17-9-5-2-6-10-17/h1-13H,14-15H2,(H,24,28)(H2,25,26,30). The average Bonchev–Trinajstić information content (AvgIpc) is 2.77. The van der Waals surface area contributed by atoms with Gasteiger partial charge in [0.25, 0.3) is 5.91 Å². The van der Waals surface area contributed by atoms with Gasteiger partial charge in [0.2, 0.25) is 5.91 Å². The quantitative estimate of drug-likeness (QED) is 0.591. The zero-order valence-electron chi connectivity index (χ0n) is 16.5. The second-order valence-corrected chi connectivity index (χ2v) is 6.81. The first-order valence-electron chi connectivity index (χ1n) is 9.64. The molecule has 0 radical (unpaired) electrons. The van der Waals surface area contributed by atoms with Crippen LogP contribution in [0.5, 0.6) is 5.75 Å². The molecule has 0 atom stereocenters. The molecule has 4 rings (SSSR count). The maximum atomic E-state index is 12.5. The molecule has 8 heteroatoms. The first-order chi connectivity index (χ1) is 15.1. The van der Waals surface area contributed by atoms with Crippen LogP contribution in [0.15, 0.2) is 78.9 Å². The Morgan fingerprint density at radius 3 is 2.10 bits per heavy atom. The van der Waals surface area contributed by atoms with E-state index in [1.807, 2.05) is 36.4 Å². The number of nitrogens with zero attached hydrogens (tertiary/aromatic N) is 1. The molecule has 0 fully saturated rings. The number of ether oxygens (including phenoxy) is 1. The maximum Gasteiger partial charge on any atom is 0.323 e. The normalized spacial score (nSPS) is 12.4. The van der Waals surface area contributed by atoms with Crippen LogP contribution < -0.4 is 25.6 Å². The summed E-state index contributed by atoms with van der Waals surface area (Å²) < 4.78 is 5.47. The Morgan fingerprint density at radius 2 is 1.42 bits per heavy atom. The predicted molar refractivity (Wildman–Crippen MR) is 118 cm³/mol. The van der Waals surface area contributed by atoms with Crippen molar-refractivity contribution in [3.8, 4) is 5.75 Å². The number of rotatable bonds is 5. The van der Waals surface area contributed by atoms with E-state index >= 15 is 0 Å². The molecule has 4 amide bonds. The van der Waals surface area contributed by atoms with Crippen molar-refractivity contribution in [2.75, 3.05) is 34.0 Å². The SMILES string of the molecule is O=C(CN1C(=O)COc2ccc(NC(=O)Nc3ccccc3)cc21)Nc1ccccc1. The zero-order valence-corrected chi connectivity index (χ0v) is 16.5. The van der Waals surface area contributed by atoms with Crippen molar-refractivity contribution in [3.05, 3.63) is 78.9 Å². The van der Waals surface area contributed by atoms with Gasteiger partial charge in [0.1, 0.15) is 12.3 Å². The van der Waals surface area contributed by atoms with E-state index < -0.39 is 6.03 Å². The van der Waals surface area contributed by atoms with Gasteiger partial charge in [-0.25, -0.2) is 4.79 Å². The van der Waals surface area contributed by atoms with Crippen molar-refractivity contribution in [3.63, 3.8) is 0 Å². The molecule has 0 aliphatic carbocycles. The minimum absolute atomic E-state index is 0.160. The Morgan fingerprint density at radius 1 is 0.806 bits per heavy atom. The van der Waals surface area contributed by atoms with E-state index in [1.54, 1.807) is 42.5 Å². The Hall–Kier alpha value is -4.33. The summed E-state index contributed by atoms with van der Waals surface area (Å²) in [5.74, 6) is -0.227. The summed E-state index contributed by atoms with van der Waals surface area (Å²) in [5, 5.41) is 8.21. The number of carbonyl (C=O) groups excluding carboxylic acids is 3. The zero-order chi connectivity index (χ0) is 21.6. The molecule has 31 heavy (non-hydrogen) atoms. The fraction of sp³-hybridized carbons (Fsp3) is 0.0870. The average molecular weight is 416 g/mol. The van der Waals surface area contributed by atoms with Gasteiger partial charge in [0.05, 0.1) is 5.69 Å². The van der Waals surface area contributed by atoms with E-state index in [0.29, 0.717) is 28.5 Å². The number of anilines is 4. The minimum Gasteiger partial charge on any atom is -0.482 e. The third-order valence-electron chi connectivity index (χ3n) is 4.55. The van der Waals surface area contributed by atoms with Crippen molar-refractivity contribution >= 4 is 40.6 Å². The van der Waals surface area contributed by atoms with E-state index in [0.717, 1.165) is 0 Å². The second-order valence-electron chi connectivity index (χ2n) is 6.81. The molecular formula is C23H20N4O4. The lowest BCUT2D eigenvalue weighted by molar-refractivity contribution is -0.123. The van der Waals surface area contributed by atoms with Gasteiger partial charge < -0.3 is 20.7 Å². The van der Waals surface area contributed by atoms with Gasteiger partial charge in [-0.2, -0.15) is 0 Å². The largest absolute Gasteiger partial charge is 0.482 e. The monoisotopic (exact) mass is 416 g/mol. The van der Waals surface area contributed by atoms with Crippen LogP contribution >= 0.6 is 0 Å². The molecule has 1 aliphatic heterocycles. The smallest absolute Gasteiger partial charge is 0.323 e. The van der Waals surface area contributed by atoms with E-state index in [2.05, 4.69) is 16.0 Å². The van der Waals surface area contributed by atoms with Gasteiger partial charge in [-0.05, 0) is 42.5 Å². The number of hydrogen-bond acceptors (Lipinski definition) is 4. The Balaban J connectivity index is 1.48. The molecule has 0 unspecified atom stereocenters. The third kappa shape index (κ3) is 4.99. The highest BCUT2D eigenvalue weighted by Crippen LogP contribution is 2.34. The summed E-state index contributed by atoms with van der Waals surface area (Å²) in [6.07, 6.45) is 0. The minimum atomic E-state index is -0.428. The molecule has 3 N–H and O–H groups in total. The van der Waals surface area contributed by atoms with E-state index in [1.165, 1.54) is 4.90 Å². The Kier molecular flexibility index (Phi) is 5.79. The summed E-state index contributed by atoms with van der Waals surface area (Å²) in [4.78, 5) is 38.5. The van der Waals surface area contributed by atoms with Crippen molar-refractivity contribution < 1.29 is 19.1 Å². The molecule has 0 bridgehead atoms. The van der Waals surface area contributed by atoms with Crippen LogP contribution in [0.4, 0.5) is 27.5 Å². The lowest BCUT2D eigenvalue weighted by atomic mass is 10.2. The van der Waals surface area contributed by atoms with Gasteiger partial charge in [-0.1, -0.05) is 36.4 Å². The number of benzene rings is 3. The molecule has 156 valence electrons. The number of hydrogen-bond donors (Lipinski definition) is 3. The van der Waals surface area contributed by atoms with E-state index in [-0.39, 0.29) is 25.0 Å². The van der Waals surface area contributed by atoms with Crippen LogP contribution in [0.1, 0.15) is 0 Å². The second kappa shape index (κ2) is 9.00. The van der Waals surface area contributed by atoms with Crippen LogP contribution in [0.25, 0.3) is 0 Å². The van der Waals surface area contributed by atoms with Gasteiger partial charge >= 0.3 is 6.03 Å². The number of nitrogens with one attached hydrogen (secondary N) is 3. The van der Waals surface area contributed by atoms with Gasteiger partial charge in [-0.3, -0.25) is 14.5 Å². The number of para-hydroxylation sites is 2. The topological polar surface area (TPSA) is 99.8 Å². The van der Waals surface area contributed by atoms with Crippen LogP contribution in [0, 0.1) is 0 Å². The molecule has 1 aliphatic rings. The summed E-state index contributed by atoms with van der Waals surface area (Å²) in [7, 11) is 0. The summed E-state index contributed by atoms with van der Waals surface area (Å²) in [6, 6.07) is 22.5. The van der Waals surface area contributed by atoms with Crippen LogP contribution in [0.3, 0.4) is 0 Å². The molecule has 8 nitrogen and oxygen atoms in total. The molecule has 3 aromatic carbocycles. The highest BCUT2D eigenvalue weighted by molar-refractivity contribution is 6.06. The third-order valence-corrected chi connectivity index (χ3v) is 4.55. The highest BCUT2D eigenvalue weighted by atomic mass is 16.5. The van der Waals surface area contributed by atoms with Crippen LogP contribution in [-0.4, -0.2) is 31.0 Å². The Labute approximate surface area is 178 Å². The van der Waals surface area contributed by atoms with Gasteiger partial charge in [0, 0.05) is 17.1 Å². The summed E-state index contributed by atoms with van der Waals surface area (Å²) >= 11 is 0. The summed E-state index contributed by atoms with van der Waals surface area (Å²) in [6.45, 7) is -0.337. The predicted octanol–water partition coefficient (Wildman–Crippen LogP) is 3.69. The van der Waals surface area contributed by atoms with Crippen LogP contribution in [0.2, 0.25) is 0 Å². The maximum absolute atomic E-state index is 12.5. The highest BCUT2D eigenvalue weighted by Gasteiger charge is 2.28. The van der Waals surface area contributed by atoms with Gasteiger partial charge in [0.15, 0.2) is 6.61 Å². The lowest BCUT2D eigenvalue weighted by Gasteiger charge is -2.29. The molecule has 0 saturated carbocycles. The molecule has 0 aromatic heterocycles. The van der Waals surface area contributed by atoms with Crippen molar-refractivity contribution in [2.45, 2.75) is 0 Å². The summed E-state index contributed by atoms with van der Waals surface area (Å²) in [5.41, 5.74) is 2.16. The number of urea groups is 1. The fourth-order valence-electron chi connectivity index (χ4n) is 3.13. The lowest BCUT2D eigenvalue weighted by Crippen LogP contribution is -2.43. The van der Waals surface area contributed by atoms with Crippen molar-refractivity contribution in [2.24, 2.45) is 0 Å². The number of carbonyl (C=O) groups is 3. The van der Waals surface area contributed by atoms with E-state index in [9.17, 15) is 14.4 Å². The first kappa shape index (κ1) is 20.0. The molecule has 0 spiro atoms. The molecule has 3 aromatic rings. The van der Waals surface area contributed by atoms with Gasteiger partial charge in [-0.15, -0.1) is 0 Å². The first-order valence-corrected chi connectivity index (χ1v) is 9.64. The van der Waals surface area contributed by atoms with E-state index in [4.69, 9.17) is 4.74 Å². The fourth-order valence-corrected chi connectivity index (χ4v) is 3.13. The molecular weight excluding hydrogens is 396 g/mol. The number of amides is 4. The number of fused-ring (bicyclic) bond motifs is 1. The molecule has 0 saturated heterocycles.